The third kappa shape index (κ3) is 3.87. The highest BCUT2D eigenvalue weighted by atomic mass is 19.4. The second kappa shape index (κ2) is 7.37. The topological polar surface area (TPSA) is 74.6 Å². The zero-order valence-corrected chi connectivity index (χ0v) is 14.8. The van der Waals surface area contributed by atoms with Crippen LogP contribution < -0.4 is 10.2 Å². The number of nitrogens with zero attached hydrogens (tertiary/aromatic N) is 2. The van der Waals surface area contributed by atoms with Gasteiger partial charge in [0.1, 0.15) is 0 Å². The van der Waals surface area contributed by atoms with E-state index in [1.54, 1.807) is 6.07 Å². The van der Waals surface area contributed by atoms with Crippen LogP contribution in [0.1, 0.15) is 36.8 Å². The Kier molecular flexibility index (Phi) is 5.31. The van der Waals surface area contributed by atoms with Gasteiger partial charge in [-0.05, 0) is 31.0 Å². The molecule has 1 aromatic carbocycles. The van der Waals surface area contributed by atoms with E-state index in [0.717, 1.165) is 12.1 Å². The summed E-state index contributed by atoms with van der Waals surface area (Å²) in [6, 6.07) is 4.09. The number of ether oxygens (including phenoxy) is 2. The highest BCUT2D eigenvalue weighted by Crippen LogP contribution is 2.40. The lowest BCUT2D eigenvalue weighted by atomic mass is 9.88. The molecular formula is C18H20F3N3O3. The first-order valence-corrected chi connectivity index (χ1v) is 8.70. The Morgan fingerprint density at radius 1 is 1.30 bits per heavy atom. The molecule has 1 saturated heterocycles. The van der Waals surface area contributed by atoms with Crippen LogP contribution in [0.25, 0.3) is 0 Å². The number of carbonyl (C=O) groups excluding carboxylic acids is 1. The number of hydrogen-bond acceptors (Lipinski definition) is 4. The molecule has 6 nitrogen and oxygen atoms in total. The van der Waals surface area contributed by atoms with E-state index in [-0.39, 0.29) is 11.7 Å². The molecule has 146 valence electrons. The minimum absolute atomic E-state index is 0.106. The quantitative estimate of drug-likeness (QED) is 0.849. The van der Waals surface area contributed by atoms with Gasteiger partial charge in [-0.1, -0.05) is 0 Å². The van der Waals surface area contributed by atoms with Gasteiger partial charge < -0.3 is 14.8 Å². The lowest BCUT2D eigenvalue weighted by Gasteiger charge is -2.40. The van der Waals surface area contributed by atoms with Crippen LogP contribution in [0, 0.1) is 11.3 Å². The fourth-order valence-corrected chi connectivity index (χ4v) is 3.71. The van der Waals surface area contributed by atoms with E-state index < -0.39 is 29.1 Å². The predicted molar refractivity (Wildman–Crippen MR) is 90.0 cm³/mol. The molecule has 0 aromatic heterocycles. The van der Waals surface area contributed by atoms with Crippen molar-refractivity contribution in [3.05, 3.63) is 29.3 Å². The van der Waals surface area contributed by atoms with Crippen molar-refractivity contribution < 1.29 is 27.4 Å². The summed E-state index contributed by atoms with van der Waals surface area (Å²) < 4.78 is 51.2. The molecule has 1 saturated carbocycles. The van der Waals surface area contributed by atoms with Crippen molar-refractivity contribution in [2.75, 3.05) is 25.2 Å². The molecule has 1 heterocycles. The molecule has 2 aliphatic rings. The van der Waals surface area contributed by atoms with Crippen molar-refractivity contribution in [3.63, 3.8) is 0 Å². The lowest BCUT2D eigenvalue weighted by Crippen LogP contribution is -2.49. The van der Waals surface area contributed by atoms with E-state index in [1.807, 2.05) is 0 Å². The first-order valence-electron chi connectivity index (χ1n) is 8.70. The van der Waals surface area contributed by atoms with E-state index in [0.29, 0.717) is 38.9 Å². The Balaban J connectivity index is 1.90. The number of nitrogens with one attached hydrogen (secondary N) is 1. The maximum atomic E-state index is 13.3. The Hall–Kier alpha value is -2.31. The normalized spacial score (nSPS) is 19.7. The van der Waals surface area contributed by atoms with Crippen LogP contribution in [-0.4, -0.2) is 38.1 Å². The smallest absolute Gasteiger partial charge is 0.348 e. The van der Waals surface area contributed by atoms with Gasteiger partial charge in [-0.2, -0.15) is 18.4 Å². The highest BCUT2D eigenvalue weighted by molar-refractivity contribution is 5.92. The molecule has 1 aliphatic carbocycles. The van der Waals surface area contributed by atoms with Gasteiger partial charge in [-0.25, -0.2) is 4.79 Å². The van der Waals surface area contributed by atoms with Gasteiger partial charge in [0.15, 0.2) is 5.79 Å². The molecule has 1 aliphatic heterocycles. The highest BCUT2D eigenvalue weighted by Gasteiger charge is 2.43. The number of carbonyl (C=O) groups is 1. The standard InChI is InChI=1S/C18H20F3N3O3/c1-23-16(25)24(13-4-6-17(7-5-13)26-8-9-27-17)14-3-2-12(11-22)15(10-14)18(19,20)21/h2-3,10,13H,4-9H2,1H3,(H,23,25). The summed E-state index contributed by atoms with van der Waals surface area (Å²) in [7, 11) is 1.43. The molecule has 1 aromatic rings. The largest absolute Gasteiger partial charge is 0.417 e. The number of rotatable bonds is 2. The third-order valence-electron chi connectivity index (χ3n) is 5.04. The molecule has 1 spiro atoms. The summed E-state index contributed by atoms with van der Waals surface area (Å²) in [4.78, 5) is 13.8. The van der Waals surface area contributed by atoms with E-state index in [4.69, 9.17) is 14.7 Å². The van der Waals surface area contributed by atoms with Gasteiger partial charge in [-0.3, -0.25) is 4.90 Å². The molecular weight excluding hydrogens is 363 g/mol. The Bertz CT molecular complexity index is 744. The van der Waals surface area contributed by atoms with Crippen molar-refractivity contribution in [1.29, 1.82) is 5.26 Å². The molecule has 2 amide bonds. The molecule has 1 N–H and O–H groups in total. The predicted octanol–water partition coefficient (Wildman–Crippen LogP) is 3.41. The first-order chi connectivity index (χ1) is 12.8. The number of nitriles is 1. The van der Waals surface area contributed by atoms with Gasteiger partial charge in [0.25, 0.3) is 0 Å². The number of benzene rings is 1. The molecule has 27 heavy (non-hydrogen) atoms. The van der Waals surface area contributed by atoms with Crippen molar-refractivity contribution in [2.45, 2.75) is 43.7 Å². The fourth-order valence-electron chi connectivity index (χ4n) is 3.71. The summed E-state index contributed by atoms with van der Waals surface area (Å²) in [5, 5.41) is 11.4. The number of amides is 2. The third-order valence-corrected chi connectivity index (χ3v) is 5.04. The molecule has 0 unspecified atom stereocenters. The van der Waals surface area contributed by atoms with Gasteiger partial charge in [0.2, 0.25) is 0 Å². The molecule has 0 radical (unpaired) electrons. The van der Waals surface area contributed by atoms with E-state index >= 15 is 0 Å². The molecule has 9 heteroatoms. The number of alkyl halides is 3. The average molecular weight is 383 g/mol. The molecule has 0 atom stereocenters. The van der Waals surface area contributed by atoms with Gasteiger partial charge >= 0.3 is 12.2 Å². The second-order valence-corrected chi connectivity index (χ2v) is 6.60. The zero-order chi connectivity index (χ0) is 19.7. The summed E-state index contributed by atoms with van der Waals surface area (Å²) in [5.74, 6) is -0.632. The first kappa shape index (κ1) is 19.5. The van der Waals surface area contributed by atoms with Crippen LogP contribution in [0.4, 0.5) is 23.7 Å². The summed E-state index contributed by atoms with van der Waals surface area (Å²) in [6.07, 6.45) is -2.48. The van der Waals surface area contributed by atoms with Crippen molar-refractivity contribution in [3.8, 4) is 6.07 Å². The minimum Gasteiger partial charge on any atom is -0.348 e. The summed E-state index contributed by atoms with van der Waals surface area (Å²) in [6.45, 7) is 1.04. The monoisotopic (exact) mass is 383 g/mol. The molecule has 3 rings (SSSR count). The maximum absolute atomic E-state index is 13.3. The van der Waals surface area contributed by atoms with Gasteiger partial charge in [-0.15, -0.1) is 0 Å². The van der Waals surface area contributed by atoms with Crippen LogP contribution in [-0.2, 0) is 15.7 Å². The number of urea groups is 1. The summed E-state index contributed by atoms with van der Waals surface area (Å²) >= 11 is 0. The van der Waals surface area contributed by atoms with Crippen LogP contribution in [0.5, 0.6) is 0 Å². The SMILES string of the molecule is CNC(=O)N(c1ccc(C#N)c(C(F)(F)F)c1)C1CCC2(CC1)OCCO2. The van der Waals surface area contributed by atoms with E-state index in [9.17, 15) is 18.0 Å². The van der Waals surface area contributed by atoms with Crippen molar-refractivity contribution >= 4 is 11.7 Å². The van der Waals surface area contributed by atoms with Crippen LogP contribution in [0.15, 0.2) is 18.2 Å². The Morgan fingerprint density at radius 2 is 1.93 bits per heavy atom. The lowest BCUT2D eigenvalue weighted by molar-refractivity contribution is -0.178. The molecule has 0 bridgehead atoms. The van der Waals surface area contributed by atoms with Crippen molar-refractivity contribution in [2.24, 2.45) is 0 Å². The minimum atomic E-state index is -4.68. The van der Waals surface area contributed by atoms with Crippen molar-refractivity contribution in [1.82, 2.24) is 5.32 Å². The van der Waals surface area contributed by atoms with Gasteiger partial charge in [0.05, 0.1) is 30.4 Å². The number of hydrogen-bond donors (Lipinski definition) is 1. The maximum Gasteiger partial charge on any atom is 0.417 e. The zero-order valence-electron chi connectivity index (χ0n) is 14.8. The molecule has 2 fully saturated rings. The Morgan fingerprint density at radius 3 is 2.44 bits per heavy atom. The van der Waals surface area contributed by atoms with Gasteiger partial charge in [0, 0.05) is 31.6 Å². The second-order valence-electron chi connectivity index (χ2n) is 6.60. The average Bonchev–Trinajstić information content (AvgIpc) is 3.10. The fraction of sp³-hybridized carbons (Fsp3) is 0.556. The Labute approximate surface area is 154 Å². The number of anilines is 1. The van der Waals surface area contributed by atoms with Crippen LogP contribution >= 0.6 is 0 Å². The van der Waals surface area contributed by atoms with E-state index in [2.05, 4.69) is 5.32 Å². The van der Waals surface area contributed by atoms with Crippen LogP contribution in [0.2, 0.25) is 0 Å². The summed E-state index contributed by atoms with van der Waals surface area (Å²) in [5.41, 5.74) is -1.42. The van der Waals surface area contributed by atoms with E-state index in [1.165, 1.54) is 18.0 Å². The van der Waals surface area contributed by atoms with Crippen LogP contribution in [0.3, 0.4) is 0 Å². The number of halogens is 3.